The number of para-hydroxylation sites is 1. The van der Waals surface area contributed by atoms with E-state index in [0.29, 0.717) is 49.8 Å². The van der Waals surface area contributed by atoms with Crippen LogP contribution in [0.4, 0.5) is 10.5 Å². The first-order chi connectivity index (χ1) is 16.5. The summed E-state index contributed by atoms with van der Waals surface area (Å²) >= 11 is 12.4. The predicted octanol–water partition coefficient (Wildman–Crippen LogP) is 5.90. The van der Waals surface area contributed by atoms with Crippen LogP contribution in [-0.2, 0) is 0 Å². The van der Waals surface area contributed by atoms with Crippen molar-refractivity contribution in [1.82, 2.24) is 4.59 Å². The molecule has 178 valence electrons. The molecule has 1 amide bonds. The fourth-order valence-electron chi connectivity index (χ4n) is 3.94. The Morgan fingerprint density at radius 3 is 2.51 bits per heavy atom. The highest BCUT2D eigenvalue weighted by atomic mass is 35.5. The average Bonchev–Trinajstić information content (AvgIpc) is 3.15. The SMILES string of the molecule is CC(C)(C)[N+]1(C(=O)[O-])N=C(COc2ccc(Cl)c(Oc3cc(Cl)cc(C#N)c3)c2)c2ccccc21. The van der Waals surface area contributed by atoms with Gasteiger partial charge in [0.2, 0.25) is 0 Å². The zero-order valence-corrected chi connectivity index (χ0v) is 20.7. The zero-order valence-electron chi connectivity index (χ0n) is 19.2. The van der Waals surface area contributed by atoms with Gasteiger partial charge in [-0.1, -0.05) is 40.4 Å². The number of quaternary nitrogens is 1. The number of benzene rings is 3. The molecule has 0 saturated heterocycles. The molecule has 1 unspecified atom stereocenters. The summed E-state index contributed by atoms with van der Waals surface area (Å²) in [6.07, 6.45) is -1.32. The maximum Gasteiger partial charge on any atom is 0.291 e. The first kappa shape index (κ1) is 24.6. The lowest BCUT2D eigenvalue weighted by atomic mass is 10.0. The molecule has 0 fully saturated rings. The highest BCUT2D eigenvalue weighted by molar-refractivity contribution is 6.32. The average molecular weight is 510 g/mol. The van der Waals surface area contributed by atoms with Gasteiger partial charge in [0.15, 0.2) is 5.69 Å². The summed E-state index contributed by atoms with van der Waals surface area (Å²) in [5, 5.41) is 26.7. The van der Waals surface area contributed by atoms with Gasteiger partial charge in [-0.25, -0.2) is 0 Å². The van der Waals surface area contributed by atoms with Crippen molar-refractivity contribution in [2.45, 2.75) is 26.3 Å². The van der Waals surface area contributed by atoms with Gasteiger partial charge in [0, 0.05) is 17.2 Å². The van der Waals surface area contributed by atoms with Crippen molar-refractivity contribution in [3.63, 3.8) is 0 Å². The van der Waals surface area contributed by atoms with Crippen LogP contribution in [-0.4, -0.2) is 24.0 Å². The van der Waals surface area contributed by atoms with Gasteiger partial charge in [0.05, 0.1) is 22.2 Å². The minimum atomic E-state index is -1.32. The van der Waals surface area contributed by atoms with Gasteiger partial charge in [-0.2, -0.15) is 5.26 Å². The third-order valence-corrected chi connectivity index (χ3v) is 6.11. The molecule has 0 aliphatic carbocycles. The fourth-order valence-corrected chi connectivity index (χ4v) is 4.32. The molecule has 0 N–H and O–H groups in total. The smallest absolute Gasteiger partial charge is 0.291 e. The van der Waals surface area contributed by atoms with Crippen LogP contribution in [0.5, 0.6) is 17.2 Å². The molecule has 1 heterocycles. The summed E-state index contributed by atoms with van der Waals surface area (Å²) in [5.74, 6) is 1.09. The molecule has 3 aromatic rings. The molecule has 0 spiro atoms. The number of carbonyl (C=O) groups is 1. The van der Waals surface area contributed by atoms with E-state index in [1.165, 1.54) is 6.07 Å². The summed E-state index contributed by atoms with van der Waals surface area (Å²) in [7, 11) is 0. The quantitative estimate of drug-likeness (QED) is 0.398. The standard InChI is InChI=1S/C26H21Cl2N3O4/c1-26(2,3)31(25(32)33)23-7-5-4-6-20(23)22(30-31)15-34-18-8-9-21(28)24(13-18)35-19-11-16(14-29)10-17(27)12-19/h4-13H,15H2,1-3H3. The molecule has 0 saturated carbocycles. The van der Waals surface area contributed by atoms with E-state index in [1.807, 2.05) is 18.2 Å². The zero-order chi connectivity index (χ0) is 25.4. The fraction of sp³-hybridized carbons (Fsp3) is 0.192. The molecule has 0 bridgehead atoms. The van der Waals surface area contributed by atoms with Crippen LogP contribution in [0.15, 0.2) is 65.8 Å². The van der Waals surface area contributed by atoms with Crippen molar-refractivity contribution < 1.29 is 19.4 Å². The number of carboxylic acid groups (broad SMARTS) is 1. The van der Waals surface area contributed by atoms with Gasteiger partial charge in [0.1, 0.15) is 35.1 Å². The third-order valence-electron chi connectivity index (χ3n) is 5.58. The van der Waals surface area contributed by atoms with Gasteiger partial charge >= 0.3 is 0 Å². The van der Waals surface area contributed by atoms with E-state index in [9.17, 15) is 9.90 Å². The molecule has 0 radical (unpaired) electrons. The topological polar surface area (TPSA) is 94.7 Å². The Bertz CT molecular complexity index is 1390. The third kappa shape index (κ3) is 4.56. The van der Waals surface area contributed by atoms with E-state index in [0.717, 1.165) is 0 Å². The summed E-state index contributed by atoms with van der Waals surface area (Å²) in [6, 6.07) is 18.7. The van der Waals surface area contributed by atoms with Crippen LogP contribution in [0.25, 0.3) is 0 Å². The first-order valence-electron chi connectivity index (χ1n) is 10.7. The highest BCUT2D eigenvalue weighted by Crippen LogP contribution is 2.42. The van der Waals surface area contributed by atoms with Crippen LogP contribution in [0, 0.1) is 11.3 Å². The number of hydrogen-bond acceptors (Lipinski definition) is 6. The molecule has 9 heteroatoms. The lowest BCUT2D eigenvalue weighted by Crippen LogP contribution is -2.65. The molecule has 4 rings (SSSR count). The Kier molecular flexibility index (Phi) is 6.48. The monoisotopic (exact) mass is 509 g/mol. The number of hydrogen-bond donors (Lipinski definition) is 0. The van der Waals surface area contributed by atoms with E-state index in [2.05, 4.69) is 5.10 Å². The van der Waals surface area contributed by atoms with E-state index >= 15 is 0 Å². The Morgan fingerprint density at radius 1 is 1.09 bits per heavy atom. The van der Waals surface area contributed by atoms with Crippen LogP contribution in [0.2, 0.25) is 10.0 Å². The van der Waals surface area contributed by atoms with Crippen molar-refractivity contribution in [2.24, 2.45) is 5.10 Å². The van der Waals surface area contributed by atoms with Gasteiger partial charge in [-0.05, 0) is 57.2 Å². The minimum absolute atomic E-state index is 0.0111. The predicted molar refractivity (Wildman–Crippen MR) is 133 cm³/mol. The number of nitrogens with zero attached hydrogens (tertiary/aromatic N) is 3. The second kappa shape index (κ2) is 9.23. The number of carbonyl (C=O) groups excluding carboxylic acids is 1. The molecular weight excluding hydrogens is 489 g/mol. The van der Waals surface area contributed by atoms with Crippen molar-refractivity contribution in [3.8, 4) is 23.3 Å². The van der Waals surface area contributed by atoms with Gasteiger partial charge in [-0.15, -0.1) is 4.59 Å². The molecule has 7 nitrogen and oxygen atoms in total. The number of halogens is 2. The first-order valence-corrected chi connectivity index (χ1v) is 11.4. The summed E-state index contributed by atoms with van der Waals surface area (Å²) < 4.78 is 11.1. The van der Waals surface area contributed by atoms with Crippen LogP contribution < -0.4 is 19.2 Å². The molecule has 1 atom stereocenters. The molecule has 1 aliphatic rings. The number of ether oxygens (including phenoxy) is 2. The van der Waals surface area contributed by atoms with Crippen molar-refractivity contribution >= 4 is 40.7 Å². The maximum absolute atomic E-state index is 12.3. The number of fused-ring (bicyclic) bond motifs is 1. The molecular formula is C26H21Cl2N3O4. The lowest BCUT2D eigenvalue weighted by molar-refractivity contribution is -0.268. The second-order valence-corrected chi connectivity index (χ2v) is 9.75. The molecule has 35 heavy (non-hydrogen) atoms. The summed E-state index contributed by atoms with van der Waals surface area (Å²) in [5.41, 5.74) is 1.23. The number of rotatable bonds is 5. The lowest BCUT2D eigenvalue weighted by Gasteiger charge is -2.39. The van der Waals surface area contributed by atoms with E-state index < -0.39 is 16.2 Å². The maximum atomic E-state index is 12.3. The van der Waals surface area contributed by atoms with Gasteiger partial charge < -0.3 is 19.4 Å². The minimum Gasteiger partial charge on any atom is -0.496 e. The molecule has 3 aromatic carbocycles. The van der Waals surface area contributed by atoms with Gasteiger partial charge in [0.25, 0.3) is 6.09 Å². The highest BCUT2D eigenvalue weighted by Gasteiger charge is 2.52. The van der Waals surface area contributed by atoms with E-state index in [-0.39, 0.29) is 6.61 Å². The van der Waals surface area contributed by atoms with E-state index in [4.69, 9.17) is 37.9 Å². The molecule has 0 aromatic heterocycles. The van der Waals surface area contributed by atoms with Crippen molar-refractivity contribution in [3.05, 3.63) is 81.8 Å². The Morgan fingerprint density at radius 2 is 1.83 bits per heavy atom. The van der Waals surface area contributed by atoms with Gasteiger partial charge in [-0.3, -0.25) is 0 Å². The number of nitriles is 1. The Labute approximate surface area is 212 Å². The van der Waals surface area contributed by atoms with Crippen LogP contribution in [0.1, 0.15) is 31.9 Å². The second-order valence-electron chi connectivity index (χ2n) is 8.91. The van der Waals surface area contributed by atoms with Crippen molar-refractivity contribution in [1.29, 1.82) is 5.26 Å². The summed E-state index contributed by atoms with van der Waals surface area (Å²) in [4.78, 5) is 12.3. The van der Waals surface area contributed by atoms with Crippen LogP contribution in [0.3, 0.4) is 0 Å². The van der Waals surface area contributed by atoms with Crippen molar-refractivity contribution in [2.75, 3.05) is 6.61 Å². The van der Waals surface area contributed by atoms with E-state index in [1.54, 1.807) is 63.2 Å². The normalized spacial score (nSPS) is 16.7. The molecule has 1 aliphatic heterocycles. The number of amides is 1. The largest absolute Gasteiger partial charge is 0.496 e. The Hall–Kier alpha value is -3.57. The Balaban J connectivity index is 1.62. The summed E-state index contributed by atoms with van der Waals surface area (Å²) in [6.45, 7) is 5.40. The van der Waals surface area contributed by atoms with Crippen LogP contribution >= 0.6 is 23.2 Å².